The van der Waals surface area contributed by atoms with Crippen LogP contribution < -0.4 is 4.90 Å². The van der Waals surface area contributed by atoms with Gasteiger partial charge in [0.05, 0.1) is 17.1 Å². The number of fused-ring (bicyclic) bond motifs is 6. The quantitative estimate of drug-likeness (QED) is 0.167. The van der Waals surface area contributed by atoms with E-state index < -0.39 is 0 Å². The van der Waals surface area contributed by atoms with E-state index in [-0.39, 0.29) is 5.41 Å². The van der Waals surface area contributed by atoms with Crippen LogP contribution in [0, 0.1) is 0 Å². The van der Waals surface area contributed by atoms with Crippen molar-refractivity contribution in [1.29, 1.82) is 0 Å². The molecular weight excluding hydrogens is 659 g/mol. The standard InChI is InChI=1S/C51H37NS/c1-51(2)42-28-13-11-23-38(42)40-27-16-31-45(50(40)51)52(44-30-17-33-47-49(44)41-25-12-14-32-46(41)53-47)43-29-15-26-37(35-20-7-4-8-21-35)48(43)39-24-10-9-22-36(39)34-18-5-3-6-19-34/h3-33H,1-2H3. The highest BCUT2D eigenvalue weighted by Crippen LogP contribution is 2.57. The average Bonchev–Trinajstić information content (AvgIpc) is 3.71. The molecule has 9 aromatic rings. The third-order valence-electron chi connectivity index (χ3n) is 11.1. The lowest BCUT2D eigenvalue weighted by molar-refractivity contribution is 0.661. The molecule has 1 aliphatic rings. The van der Waals surface area contributed by atoms with Crippen LogP contribution >= 0.6 is 11.3 Å². The van der Waals surface area contributed by atoms with Gasteiger partial charge in [0, 0.05) is 31.2 Å². The Kier molecular flexibility index (Phi) is 7.42. The first-order valence-corrected chi connectivity index (χ1v) is 19.2. The summed E-state index contributed by atoms with van der Waals surface area (Å²) in [6, 6.07) is 69.1. The molecule has 53 heavy (non-hydrogen) atoms. The second-order valence-corrected chi connectivity index (χ2v) is 15.5. The van der Waals surface area contributed by atoms with Gasteiger partial charge in [-0.15, -0.1) is 11.3 Å². The molecular formula is C51H37NS. The minimum atomic E-state index is -0.218. The maximum Gasteiger partial charge on any atom is 0.0555 e. The number of anilines is 3. The van der Waals surface area contributed by atoms with Gasteiger partial charge < -0.3 is 4.90 Å². The SMILES string of the molecule is CC1(C)c2ccccc2-c2cccc(N(c3cccc(-c4ccccc4)c3-c3ccccc3-c3ccccc3)c3cccc4sc5ccccc5c34)c21. The van der Waals surface area contributed by atoms with E-state index in [4.69, 9.17) is 0 Å². The van der Waals surface area contributed by atoms with Gasteiger partial charge >= 0.3 is 0 Å². The van der Waals surface area contributed by atoms with E-state index in [1.807, 2.05) is 11.3 Å². The summed E-state index contributed by atoms with van der Waals surface area (Å²) in [4.78, 5) is 2.59. The van der Waals surface area contributed by atoms with E-state index in [1.54, 1.807) is 0 Å². The highest BCUT2D eigenvalue weighted by atomic mass is 32.1. The molecule has 0 bridgehead atoms. The second-order valence-electron chi connectivity index (χ2n) is 14.4. The molecule has 10 rings (SSSR count). The summed E-state index contributed by atoms with van der Waals surface area (Å²) in [6.07, 6.45) is 0. The largest absolute Gasteiger partial charge is 0.309 e. The molecule has 0 N–H and O–H groups in total. The van der Waals surface area contributed by atoms with E-state index >= 15 is 0 Å². The first-order valence-electron chi connectivity index (χ1n) is 18.4. The smallest absolute Gasteiger partial charge is 0.0555 e. The van der Waals surface area contributed by atoms with Gasteiger partial charge in [0.25, 0.3) is 0 Å². The predicted octanol–water partition coefficient (Wildman–Crippen LogP) is 14.8. The Morgan fingerprint density at radius 2 is 0.925 bits per heavy atom. The summed E-state index contributed by atoms with van der Waals surface area (Å²) in [5.41, 5.74) is 15.9. The predicted molar refractivity (Wildman–Crippen MR) is 228 cm³/mol. The van der Waals surface area contributed by atoms with Crippen molar-refractivity contribution >= 4 is 48.6 Å². The van der Waals surface area contributed by atoms with Crippen LogP contribution in [0.4, 0.5) is 17.1 Å². The van der Waals surface area contributed by atoms with Crippen molar-refractivity contribution in [3.05, 3.63) is 199 Å². The van der Waals surface area contributed by atoms with Gasteiger partial charge in [-0.2, -0.15) is 0 Å². The summed E-state index contributed by atoms with van der Waals surface area (Å²) in [7, 11) is 0. The molecule has 1 nitrogen and oxygen atoms in total. The summed E-state index contributed by atoms with van der Waals surface area (Å²) in [5.74, 6) is 0. The fourth-order valence-electron chi connectivity index (χ4n) is 8.78. The van der Waals surface area contributed by atoms with Gasteiger partial charge in [-0.05, 0) is 80.4 Å². The number of benzene rings is 8. The normalized spacial score (nSPS) is 12.9. The molecule has 0 amide bonds. The van der Waals surface area contributed by atoms with Crippen LogP contribution in [0.2, 0.25) is 0 Å². The van der Waals surface area contributed by atoms with Crippen LogP contribution in [0.3, 0.4) is 0 Å². The lowest BCUT2D eigenvalue weighted by atomic mass is 9.81. The third kappa shape index (κ3) is 4.98. The minimum absolute atomic E-state index is 0.218. The van der Waals surface area contributed by atoms with Gasteiger partial charge in [0.15, 0.2) is 0 Å². The molecule has 1 aliphatic carbocycles. The van der Waals surface area contributed by atoms with Gasteiger partial charge in [-0.1, -0.05) is 172 Å². The summed E-state index contributed by atoms with van der Waals surface area (Å²) in [5, 5.41) is 2.57. The molecule has 0 atom stereocenters. The van der Waals surface area contributed by atoms with Gasteiger partial charge in [0.1, 0.15) is 0 Å². The number of thiophene rings is 1. The molecule has 0 spiro atoms. The van der Waals surface area contributed by atoms with Crippen molar-refractivity contribution in [3.8, 4) is 44.5 Å². The van der Waals surface area contributed by atoms with E-state index in [9.17, 15) is 0 Å². The van der Waals surface area contributed by atoms with Crippen LogP contribution in [0.25, 0.3) is 64.7 Å². The van der Waals surface area contributed by atoms with E-state index in [1.165, 1.54) is 87.2 Å². The van der Waals surface area contributed by atoms with Crippen molar-refractivity contribution in [2.75, 3.05) is 4.90 Å². The van der Waals surface area contributed by atoms with Crippen LogP contribution in [0.15, 0.2) is 188 Å². The highest BCUT2D eigenvalue weighted by Gasteiger charge is 2.39. The summed E-state index contributed by atoms with van der Waals surface area (Å²) in [6.45, 7) is 4.79. The molecule has 0 saturated carbocycles. The van der Waals surface area contributed by atoms with Gasteiger partial charge in [-0.3, -0.25) is 0 Å². The summed E-state index contributed by atoms with van der Waals surface area (Å²) < 4.78 is 2.59. The lowest BCUT2D eigenvalue weighted by Crippen LogP contribution is -2.21. The van der Waals surface area contributed by atoms with E-state index in [0.29, 0.717) is 0 Å². The Morgan fingerprint density at radius 1 is 0.396 bits per heavy atom. The maximum absolute atomic E-state index is 2.59. The lowest BCUT2D eigenvalue weighted by Gasteiger charge is -2.34. The fraction of sp³-hybridized carbons (Fsp3) is 0.0588. The van der Waals surface area contributed by atoms with Gasteiger partial charge in [0.2, 0.25) is 0 Å². The van der Waals surface area contributed by atoms with Gasteiger partial charge in [-0.25, -0.2) is 0 Å². The molecule has 0 aliphatic heterocycles. The Labute approximate surface area is 315 Å². The number of hydrogen-bond acceptors (Lipinski definition) is 2. The molecule has 0 fully saturated rings. The van der Waals surface area contributed by atoms with Crippen LogP contribution in [-0.4, -0.2) is 0 Å². The molecule has 252 valence electrons. The Balaban J connectivity index is 1.36. The van der Waals surface area contributed by atoms with Crippen LogP contribution in [0.1, 0.15) is 25.0 Å². The molecule has 1 aromatic heterocycles. The van der Waals surface area contributed by atoms with Crippen molar-refractivity contribution in [2.45, 2.75) is 19.3 Å². The third-order valence-corrected chi connectivity index (χ3v) is 12.2. The van der Waals surface area contributed by atoms with Crippen molar-refractivity contribution < 1.29 is 0 Å². The minimum Gasteiger partial charge on any atom is -0.309 e. The van der Waals surface area contributed by atoms with Crippen LogP contribution in [0.5, 0.6) is 0 Å². The molecule has 8 aromatic carbocycles. The average molecular weight is 696 g/mol. The van der Waals surface area contributed by atoms with Crippen molar-refractivity contribution in [1.82, 2.24) is 0 Å². The van der Waals surface area contributed by atoms with Crippen LogP contribution in [-0.2, 0) is 5.41 Å². The molecule has 1 heterocycles. The number of nitrogens with zero attached hydrogens (tertiary/aromatic N) is 1. The molecule has 2 heteroatoms. The van der Waals surface area contributed by atoms with E-state index in [0.717, 1.165) is 5.69 Å². The fourth-order valence-corrected chi connectivity index (χ4v) is 9.90. The molecule has 0 unspecified atom stereocenters. The molecule has 0 saturated heterocycles. The first kappa shape index (κ1) is 31.5. The zero-order chi connectivity index (χ0) is 35.5. The number of rotatable bonds is 6. The zero-order valence-corrected chi connectivity index (χ0v) is 30.6. The highest BCUT2D eigenvalue weighted by molar-refractivity contribution is 7.26. The number of hydrogen-bond donors (Lipinski definition) is 0. The first-order chi connectivity index (χ1) is 26.1. The van der Waals surface area contributed by atoms with Crippen molar-refractivity contribution in [2.24, 2.45) is 0 Å². The Bertz CT molecular complexity index is 2810. The summed E-state index contributed by atoms with van der Waals surface area (Å²) >= 11 is 1.87. The zero-order valence-electron chi connectivity index (χ0n) is 29.8. The Hall–Kier alpha value is -6.22. The topological polar surface area (TPSA) is 3.24 Å². The second kappa shape index (κ2) is 12.5. The van der Waals surface area contributed by atoms with Crippen molar-refractivity contribution in [3.63, 3.8) is 0 Å². The van der Waals surface area contributed by atoms with E-state index in [2.05, 4.69) is 207 Å². The maximum atomic E-state index is 2.59. The monoisotopic (exact) mass is 695 g/mol. The molecule has 0 radical (unpaired) electrons. The Morgan fingerprint density at radius 3 is 1.70 bits per heavy atom.